The Balaban J connectivity index is 2.19. The molecule has 6 heteroatoms. The number of aromatic nitrogens is 2. The summed E-state index contributed by atoms with van der Waals surface area (Å²) in [5.74, 6) is 1.16. The molecule has 2 aromatic rings. The van der Waals surface area contributed by atoms with Gasteiger partial charge in [0.25, 0.3) is 0 Å². The van der Waals surface area contributed by atoms with Crippen molar-refractivity contribution in [1.29, 1.82) is 0 Å². The fourth-order valence-electron chi connectivity index (χ4n) is 2.27. The number of ether oxygens (including phenoxy) is 1. The molecule has 1 N–H and O–H groups in total. The molecule has 0 fully saturated rings. The van der Waals surface area contributed by atoms with Crippen molar-refractivity contribution >= 4 is 17.7 Å². The highest BCUT2D eigenvalue weighted by Gasteiger charge is 2.13. The zero-order chi connectivity index (χ0) is 17.5. The van der Waals surface area contributed by atoms with E-state index in [9.17, 15) is 4.79 Å². The van der Waals surface area contributed by atoms with Crippen LogP contribution in [0.3, 0.4) is 0 Å². The molecule has 0 spiro atoms. The maximum atomic E-state index is 11.8. The number of thioether (sulfide) groups is 1. The van der Waals surface area contributed by atoms with Gasteiger partial charge in [-0.1, -0.05) is 17.8 Å². The number of carbonyl (C=O) groups excluding carboxylic acids is 1. The van der Waals surface area contributed by atoms with Crippen molar-refractivity contribution in [3.05, 3.63) is 43.1 Å². The Morgan fingerprint density at radius 2 is 2.12 bits per heavy atom. The molecule has 0 saturated heterocycles. The summed E-state index contributed by atoms with van der Waals surface area (Å²) in [6, 6.07) is 7.97. The van der Waals surface area contributed by atoms with Crippen LogP contribution in [0.5, 0.6) is 5.75 Å². The molecule has 0 saturated carbocycles. The van der Waals surface area contributed by atoms with Gasteiger partial charge in [0, 0.05) is 18.2 Å². The Bertz CT molecular complexity index is 693. The van der Waals surface area contributed by atoms with Crippen molar-refractivity contribution in [2.45, 2.75) is 31.6 Å². The molecule has 128 valence electrons. The third kappa shape index (κ3) is 4.64. The minimum Gasteiger partial charge on any atom is -0.497 e. The van der Waals surface area contributed by atoms with E-state index in [4.69, 9.17) is 4.74 Å². The minimum atomic E-state index is 0.00847. The molecule has 0 bridgehead atoms. The van der Waals surface area contributed by atoms with E-state index >= 15 is 0 Å². The molecule has 2 rings (SSSR count). The molecular weight excluding hydrogens is 322 g/mol. The Morgan fingerprint density at radius 3 is 2.71 bits per heavy atom. The third-order valence-corrected chi connectivity index (χ3v) is 4.29. The number of rotatable bonds is 8. The Kier molecular flexibility index (Phi) is 6.49. The molecule has 1 aromatic carbocycles. The second-order valence-corrected chi connectivity index (χ2v) is 6.51. The number of imidazole rings is 1. The standard InChI is InChI=1S/C18H23N3O2S/c1-5-10-21-16(14-6-8-15(23-4)9-7-14)11-19-18(21)24-12-17(22)20-13(2)3/h5-9,11,13H,1,10,12H2,2-4H3,(H,20,22). The van der Waals surface area contributed by atoms with Crippen LogP contribution in [-0.4, -0.2) is 34.4 Å². The fourth-order valence-corrected chi connectivity index (χ4v) is 3.06. The number of hydrogen-bond acceptors (Lipinski definition) is 4. The van der Waals surface area contributed by atoms with Gasteiger partial charge in [0.2, 0.25) is 5.91 Å². The second kappa shape index (κ2) is 8.59. The van der Waals surface area contributed by atoms with Crippen molar-refractivity contribution in [3.63, 3.8) is 0 Å². The molecule has 1 aromatic heterocycles. The van der Waals surface area contributed by atoms with E-state index in [2.05, 4.69) is 21.4 Å². The highest BCUT2D eigenvalue weighted by molar-refractivity contribution is 7.99. The topological polar surface area (TPSA) is 56.2 Å². The first-order valence-corrected chi connectivity index (χ1v) is 8.76. The van der Waals surface area contributed by atoms with Crippen LogP contribution in [0.2, 0.25) is 0 Å². The van der Waals surface area contributed by atoms with Gasteiger partial charge in [-0.2, -0.15) is 0 Å². The number of hydrogen-bond donors (Lipinski definition) is 1. The lowest BCUT2D eigenvalue weighted by molar-refractivity contribution is -0.119. The largest absolute Gasteiger partial charge is 0.497 e. The number of nitrogens with one attached hydrogen (secondary N) is 1. The van der Waals surface area contributed by atoms with Crippen molar-refractivity contribution < 1.29 is 9.53 Å². The van der Waals surface area contributed by atoms with E-state index in [-0.39, 0.29) is 11.9 Å². The Morgan fingerprint density at radius 1 is 1.42 bits per heavy atom. The van der Waals surface area contributed by atoms with Crippen LogP contribution >= 0.6 is 11.8 Å². The van der Waals surface area contributed by atoms with Gasteiger partial charge in [-0.25, -0.2) is 4.98 Å². The normalized spacial score (nSPS) is 10.7. The summed E-state index contributed by atoms with van der Waals surface area (Å²) in [7, 11) is 1.65. The summed E-state index contributed by atoms with van der Waals surface area (Å²) in [4.78, 5) is 16.3. The number of amides is 1. The first kappa shape index (κ1) is 18.1. The van der Waals surface area contributed by atoms with Gasteiger partial charge in [-0.05, 0) is 38.1 Å². The number of methoxy groups -OCH3 is 1. The van der Waals surface area contributed by atoms with Crippen LogP contribution in [0.1, 0.15) is 13.8 Å². The Hall–Kier alpha value is -2.21. The van der Waals surface area contributed by atoms with Crippen molar-refractivity contribution in [3.8, 4) is 17.0 Å². The fraction of sp³-hybridized carbons (Fsp3) is 0.333. The van der Waals surface area contributed by atoms with Crippen molar-refractivity contribution in [2.75, 3.05) is 12.9 Å². The smallest absolute Gasteiger partial charge is 0.230 e. The SMILES string of the molecule is C=CCn1c(-c2ccc(OC)cc2)cnc1SCC(=O)NC(C)C. The minimum absolute atomic E-state index is 0.00847. The van der Waals surface area contributed by atoms with Crippen LogP contribution < -0.4 is 10.1 Å². The van der Waals surface area contributed by atoms with E-state index in [1.165, 1.54) is 11.8 Å². The monoisotopic (exact) mass is 345 g/mol. The zero-order valence-corrected chi connectivity index (χ0v) is 15.1. The Labute approximate surface area is 147 Å². The maximum Gasteiger partial charge on any atom is 0.230 e. The molecule has 0 radical (unpaired) electrons. The van der Waals surface area contributed by atoms with E-state index in [0.29, 0.717) is 12.3 Å². The van der Waals surface area contributed by atoms with Crippen LogP contribution in [0.15, 0.2) is 48.3 Å². The molecule has 0 aliphatic heterocycles. The highest BCUT2D eigenvalue weighted by atomic mass is 32.2. The van der Waals surface area contributed by atoms with E-state index in [1.54, 1.807) is 7.11 Å². The van der Waals surface area contributed by atoms with E-state index in [0.717, 1.165) is 22.2 Å². The van der Waals surface area contributed by atoms with Gasteiger partial charge in [0.15, 0.2) is 5.16 Å². The summed E-state index contributed by atoms with van der Waals surface area (Å²) in [5.41, 5.74) is 2.04. The van der Waals surface area contributed by atoms with Gasteiger partial charge in [-0.3, -0.25) is 4.79 Å². The van der Waals surface area contributed by atoms with Crippen molar-refractivity contribution in [1.82, 2.24) is 14.9 Å². The molecule has 5 nitrogen and oxygen atoms in total. The summed E-state index contributed by atoms with van der Waals surface area (Å²) in [5, 5.41) is 3.69. The zero-order valence-electron chi connectivity index (χ0n) is 14.3. The van der Waals surface area contributed by atoms with E-state index in [1.807, 2.05) is 50.4 Å². The predicted octanol–water partition coefficient (Wildman–Crippen LogP) is 3.36. The third-order valence-electron chi connectivity index (χ3n) is 3.30. The molecule has 0 aliphatic rings. The molecular formula is C18H23N3O2S. The number of carbonyl (C=O) groups is 1. The van der Waals surface area contributed by atoms with Crippen LogP contribution in [0.4, 0.5) is 0 Å². The quantitative estimate of drug-likeness (QED) is 0.589. The molecule has 1 amide bonds. The summed E-state index contributed by atoms with van der Waals surface area (Å²) >= 11 is 1.43. The number of nitrogens with zero attached hydrogens (tertiary/aromatic N) is 2. The summed E-state index contributed by atoms with van der Waals surface area (Å²) in [6.07, 6.45) is 3.65. The van der Waals surface area contributed by atoms with Gasteiger partial charge in [-0.15, -0.1) is 6.58 Å². The number of benzene rings is 1. The van der Waals surface area contributed by atoms with Gasteiger partial charge in [0.05, 0.1) is 24.8 Å². The van der Waals surface area contributed by atoms with Crippen LogP contribution in [0.25, 0.3) is 11.3 Å². The first-order valence-electron chi connectivity index (χ1n) is 7.78. The molecule has 0 unspecified atom stereocenters. The lowest BCUT2D eigenvalue weighted by atomic mass is 10.1. The second-order valence-electron chi connectivity index (χ2n) is 5.56. The predicted molar refractivity (Wildman–Crippen MR) is 98.4 cm³/mol. The average molecular weight is 345 g/mol. The lowest BCUT2D eigenvalue weighted by Gasteiger charge is -2.11. The highest BCUT2D eigenvalue weighted by Crippen LogP contribution is 2.27. The summed E-state index contributed by atoms with van der Waals surface area (Å²) in [6.45, 7) is 8.35. The van der Waals surface area contributed by atoms with Crippen molar-refractivity contribution in [2.24, 2.45) is 0 Å². The molecule has 0 aliphatic carbocycles. The maximum absolute atomic E-state index is 11.8. The number of allylic oxidation sites excluding steroid dienone is 1. The van der Waals surface area contributed by atoms with Crippen LogP contribution in [-0.2, 0) is 11.3 Å². The van der Waals surface area contributed by atoms with Gasteiger partial charge < -0.3 is 14.6 Å². The molecule has 24 heavy (non-hydrogen) atoms. The van der Waals surface area contributed by atoms with Crippen LogP contribution in [0, 0.1) is 0 Å². The molecule has 0 atom stereocenters. The van der Waals surface area contributed by atoms with E-state index < -0.39 is 0 Å². The molecule has 1 heterocycles. The first-order chi connectivity index (χ1) is 11.5. The lowest BCUT2D eigenvalue weighted by Crippen LogP contribution is -2.31. The van der Waals surface area contributed by atoms with Gasteiger partial charge in [0.1, 0.15) is 5.75 Å². The van der Waals surface area contributed by atoms with Gasteiger partial charge >= 0.3 is 0 Å². The average Bonchev–Trinajstić information content (AvgIpc) is 2.95. The summed E-state index contributed by atoms with van der Waals surface area (Å²) < 4.78 is 7.26.